The van der Waals surface area contributed by atoms with E-state index in [1.54, 1.807) is 7.05 Å². The number of hydrogen-bond donors (Lipinski definition) is 2. The van der Waals surface area contributed by atoms with Crippen molar-refractivity contribution in [2.45, 2.75) is 59.0 Å². The van der Waals surface area contributed by atoms with Crippen LogP contribution < -0.4 is 10.6 Å². The van der Waals surface area contributed by atoms with Crippen LogP contribution in [-0.4, -0.2) is 42.9 Å². The van der Waals surface area contributed by atoms with Crippen LogP contribution in [0, 0.1) is 12.8 Å². The fourth-order valence-corrected chi connectivity index (χ4v) is 4.09. The monoisotopic (exact) mass is 526 g/mol. The smallest absolute Gasteiger partial charge is 0.225 e. The van der Waals surface area contributed by atoms with E-state index >= 15 is 0 Å². The lowest BCUT2D eigenvalue weighted by Crippen LogP contribution is -2.50. The highest BCUT2D eigenvalue weighted by Crippen LogP contribution is 2.24. The van der Waals surface area contributed by atoms with Crippen LogP contribution in [0.3, 0.4) is 0 Å². The number of guanidine groups is 1. The minimum atomic E-state index is 0. The van der Waals surface area contributed by atoms with Crippen LogP contribution >= 0.6 is 24.0 Å². The third-order valence-electron chi connectivity index (χ3n) is 6.06. The van der Waals surface area contributed by atoms with E-state index in [-0.39, 0.29) is 29.9 Å². The van der Waals surface area contributed by atoms with Crippen molar-refractivity contribution in [3.05, 3.63) is 35.6 Å². The number of nitrogens with one attached hydrogen (secondary N) is 2. The van der Waals surface area contributed by atoms with Gasteiger partial charge in [-0.1, -0.05) is 32.0 Å². The summed E-state index contributed by atoms with van der Waals surface area (Å²) in [6, 6.07) is 8.42. The lowest BCUT2D eigenvalue weighted by molar-refractivity contribution is -0.136. The van der Waals surface area contributed by atoms with Crippen molar-refractivity contribution in [1.29, 1.82) is 0 Å². The highest BCUT2D eigenvalue weighted by molar-refractivity contribution is 14.0. The SMILES string of the molecule is CCC(CC)C(=O)N1CCC(NC(=NC)NCc2oc3ccccc3c2C)CC1.I. The van der Waals surface area contributed by atoms with E-state index < -0.39 is 0 Å². The van der Waals surface area contributed by atoms with Crippen LogP contribution in [0.5, 0.6) is 0 Å². The fraction of sp³-hybridized carbons (Fsp3) is 0.565. The molecular formula is C23H35IN4O2. The second-order valence-corrected chi connectivity index (χ2v) is 7.83. The van der Waals surface area contributed by atoms with Crippen molar-refractivity contribution in [2.24, 2.45) is 10.9 Å². The number of aryl methyl sites for hydroxylation is 1. The lowest BCUT2D eigenvalue weighted by atomic mass is 9.98. The molecule has 0 bridgehead atoms. The summed E-state index contributed by atoms with van der Waals surface area (Å²) >= 11 is 0. The first-order valence-electron chi connectivity index (χ1n) is 10.8. The molecule has 1 aliphatic rings. The quantitative estimate of drug-likeness (QED) is 0.332. The molecule has 1 aromatic carbocycles. The molecule has 0 atom stereocenters. The molecule has 0 aliphatic carbocycles. The summed E-state index contributed by atoms with van der Waals surface area (Å²) in [6.45, 7) is 8.50. The van der Waals surface area contributed by atoms with E-state index in [1.807, 2.05) is 23.1 Å². The topological polar surface area (TPSA) is 69.9 Å². The number of rotatable bonds is 6. The molecule has 1 amide bonds. The lowest BCUT2D eigenvalue weighted by Gasteiger charge is -2.34. The number of amides is 1. The van der Waals surface area contributed by atoms with Crippen molar-refractivity contribution >= 4 is 46.8 Å². The largest absolute Gasteiger partial charge is 0.459 e. The van der Waals surface area contributed by atoms with Gasteiger partial charge in [0.25, 0.3) is 0 Å². The predicted octanol–water partition coefficient (Wildman–Crippen LogP) is 4.45. The zero-order valence-corrected chi connectivity index (χ0v) is 20.9. The first-order chi connectivity index (χ1) is 14.1. The van der Waals surface area contributed by atoms with Gasteiger partial charge in [0.1, 0.15) is 11.3 Å². The number of hydrogen-bond acceptors (Lipinski definition) is 3. The average Bonchev–Trinajstić information content (AvgIpc) is 3.08. The Bertz CT molecular complexity index is 852. The highest BCUT2D eigenvalue weighted by atomic mass is 127. The van der Waals surface area contributed by atoms with E-state index in [4.69, 9.17) is 4.42 Å². The van der Waals surface area contributed by atoms with E-state index in [0.717, 1.165) is 67.0 Å². The molecule has 0 radical (unpaired) electrons. The van der Waals surface area contributed by atoms with E-state index in [2.05, 4.69) is 42.5 Å². The van der Waals surface area contributed by atoms with Gasteiger partial charge in [0.15, 0.2) is 5.96 Å². The third-order valence-corrected chi connectivity index (χ3v) is 6.06. The molecule has 1 saturated heterocycles. The van der Waals surface area contributed by atoms with Crippen LogP contribution in [0.15, 0.2) is 33.7 Å². The van der Waals surface area contributed by atoms with Gasteiger partial charge in [0, 0.05) is 43.0 Å². The van der Waals surface area contributed by atoms with Gasteiger partial charge in [-0.05, 0) is 38.7 Å². The molecule has 3 rings (SSSR count). The molecule has 0 saturated carbocycles. The highest BCUT2D eigenvalue weighted by Gasteiger charge is 2.26. The maximum Gasteiger partial charge on any atom is 0.225 e. The maximum atomic E-state index is 12.6. The molecule has 1 aliphatic heterocycles. The van der Waals surface area contributed by atoms with E-state index in [1.165, 1.54) is 0 Å². The summed E-state index contributed by atoms with van der Waals surface area (Å²) in [4.78, 5) is 19.0. The average molecular weight is 526 g/mol. The molecule has 2 heterocycles. The number of carbonyl (C=O) groups is 1. The van der Waals surface area contributed by atoms with Crippen LogP contribution in [0.2, 0.25) is 0 Å². The van der Waals surface area contributed by atoms with Gasteiger partial charge < -0.3 is 20.0 Å². The number of piperidine rings is 1. The van der Waals surface area contributed by atoms with Gasteiger partial charge >= 0.3 is 0 Å². The van der Waals surface area contributed by atoms with Gasteiger partial charge in [0.2, 0.25) is 5.91 Å². The Hall–Kier alpha value is -1.77. The molecule has 7 heteroatoms. The van der Waals surface area contributed by atoms with E-state index in [9.17, 15) is 4.79 Å². The Balaban J connectivity index is 0.00000320. The van der Waals surface area contributed by atoms with Crippen LogP contribution in [0.4, 0.5) is 0 Å². The van der Waals surface area contributed by atoms with E-state index in [0.29, 0.717) is 18.5 Å². The van der Waals surface area contributed by atoms with Crippen LogP contribution in [-0.2, 0) is 11.3 Å². The number of benzene rings is 1. The Morgan fingerprint density at radius 3 is 2.50 bits per heavy atom. The molecular weight excluding hydrogens is 491 g/mol. The summed E-state index contributed by atoms with van der Waals surface area (Å²) in [5.41, 5.74) is 2.08. The molecule has 166 valence electrons. The zero-order chi connectivity index (χ0) is 20.8. The molecule has 1 aromatic heterocycles. The summed E-state index contributed by atoms with van der Waals surface area (Å²) in [5, 5.41) is 8.03. The number of aliphatic imine (C=N–C) groups is 1. The van der Waals surface area contributed by atoms with Gasteiger partial charge in [-0.2, -0.15) is 0 Å². The Morgan fingerprint density at radius 1 is 1.23 bits per heavy atom. The summed E-state index contributed by atoms with van der Waals surface area (Å²) in [5.74, 6) is 2.19. The molecule has 6 nitrogen and oxygen atoms in total. The van der Waals surface area contributed by atoms with Crippen molar-refractivity contribution in [3.63, 3.8) is 0 Å². The Morgan fingerprint density at radius 2 is 1.90 bits per heavy atom. The first-order valence-corrected chi connectivity index (χ1v) is 10.8. The summed E-state index contributed by atoms with van der Waals surface area (Å²) < 4.78 is 5.98. The Labute approximate surface area is 196 Å². The zero-order valence-electron chi connectivity index (χ0n) is 18.5. The van der Waals surface area contributed by atoms with Gasteiger partial charge in [-0.15, -0.1) is 24.0 Å². The first kappa shape index (κ1) is 24.5. The number of furan rings is 1. The number of nitrogens with zero attached hydrogens (tertiary/aromatic N) is 2. The number of halogens is 1. The third kappa shape index (κ3) is 5.68. The minimum absolute atomic E-state index is 0. The molecule has 2 aromatic rings. The summed E-state index contributed by atoms with van der Waals surface area (Å²) in [6.07, 6.45) is 3.73. The summed E-state index contributed by atoms with van der Waals surface area (Å²) in [7, 11) is 1.78. The molecule has 2 N–H and O–H groups in total. The molecule has 0 spiro atoms. The molecule has 30 heavy (non-hydrogen) atoms. The number of fused-ring (bicyclic) bond motifs is 1. The minimum Gasteiger partial charge on any atom is -0.459 e. The normalized spacial score (nSPS) is 15.4. The van der Waals surface area contributed by atoms with Crippen molar-refractivity contribution in [3.8, 4) is 0 Å². The number of likely N-dealkylation sites (tertiary alicyclic amines) is 1. The predicted molar refractivity (Wildman–Crippen MR) is 133 cm³/mol. The molecule has 1 fully saturated rings. The molecule has 0 unspecified atom stereocenters. The van der Waals surface area contributed by atoms with Gasteiger partial charge in [0.05, 0.1) is 6.54 Å². The maximum absolute atomic E-state index is 12.6. The number of para-hydroxylation sites is 1. The van der Waals surface area contributed by atoms with Gasteiger partial charge in [-0.25, -0.2) is 0 Å². The standard InChI is InChI=1S/C23H34N4O2.HI/c1-5-17(6-2)22(28)27-13-11-18(12-14-27)26-23(24-4)25-15-21-16(3)19-9-7-8-10-20(19)29-21;/h7-10,17-18H,5-6,11-15H2,1-4H3,(H2,24,25,26);1H. The van der Waals surface area contributed by atoms with Crippen molar-refractivity contribution in [2.75, 3.05) is 20.1 Å². The van der Waals surface area contributed by atoms with Gasteiger partial charge in [-0.3, -0.25) is 9.79 Å². The van der Waals surface area contributed by atoms with Crippen LogP contribution in [0.25, 0.3) is 11.0 Å². The fourth-order valence-electron chi connectivity index (χ4n) is 4.09. The van der Waals surface area contributed by atoms with Crippen molar-refractivity contribution in [1.82, 2.24) is 15.5 Å². The second kappa shape index (κ2) is 11.6. The number of carbonyl (C=O) groups excluding carboxylic acids is 1. The second-order valence-electron chi connectivity index (χ2n) is 7.83. The van der Waals surface area contributed by atoms with Crippen LogP contribution in [0.1, 0.15) is 50.9 Å². The van der Waals surface area contributed by atoms with Crippen molar-refractivity contribution < 1.29 is 9.21 Å². The Kier molecular flexibility index (Phi) is 9.45.